The van der Waals surface area contributed by atoms with Crippen LogP contribution >= 0.6 is 11.8 Å². The van der Waals surface area contributed by atoms with Gasteiger partial charge in [-0.3, -0.25) is 4.79 Å². The lowest BCUT2D eigenvalue weighted by Crippen LogP contribution is -2.21. The van der Waals surface area contributed by atoms with Gasteiger partial charge < -0.3 is 15.8 Å². The molecule has 0 aliphatic carbocycles. The van der Waals surface area contributed by atoms with Crippen LogP contribution in [-0.2, 0) is 4.79 Å². The molecule has 104 valence electrons. The summed E-state index contributed by atoms with van der Waals surface area (Å²) in [7, 11) is 1.65. The summed E-state index contributed by atoms with van der Waals surface area (Å²) in [6.45, 7) is -0.0116. The van der Waals surface area contributed by atoms with Gasteiger partial charge in [-0.2, -0.15) is 0 Å². The Labute approximate surface area is 122 Å². The van der Waals surface area contributed by atoms with Crippen molar-refractivity contribution < 1.29 is 9.53 Å². The number of carbonyl (C=O) groups is 1. The molecule has 0 fully saturated rings. The zero-order chi connectivity index (χ0) is 14.4. The summed E-state index contributed by atoms with van der Waals surface area (Å²) in [6.07, 6.45) is 0. The average molecular weight is 288 g/mol. The molecule has 0 unspecified atom stereocenters. The fourth-order valence-corrected chi connectivity index (χ4v) is 2.41. The van der Waals surface area contributed by atoms with Crippen LogP contribution in [0.2, 0.25) is 0 Å². The maximum Gasteiger partial charge on any atom is 0.238 e. The Balaban J connectivity index is 2.00. The summed E-state index contributed by atoms with van der Waals surface area (Å²) in [5.41, 5.74) is 6.00. The molecule has 0 aliphatic rings. The van der Waals surface area contributed by atoms with Gasteiger partial charge in [-0.15, -0.1) is 0 Å². The lowest BCUT2D eigenvalue weighted by atomic mass is 10.3. The molecule has 0 atom stereocenters. The molecule has 0 aliphatic heterocycles. The van der Waals surface area contributed by atoms with Crippen molar-refractivity contribution in [3.8, 4) is 5.75 Å². The third kappa shape index (κ3) is 4.01. The van der Waals surface area contributed by atoms with Crippen molar-refractivity contribution in [1.29, 1.82) is 0 Å². The van der Waals surface area contributed by atoms with Crippen LogP contribution in [0.3, 0.4) is 0 Å². The number of hydrogen-bond donors (Lipinski definition) is 2. The Bertz CT molecular complexity index is 567. The molecule has 3 N–H and O–H groups in total. The van der Waals surface area contributed by atoms with E-state index in [1.807, 2.05) is 48.5 Å². The molecule has 0 bridgehead atoms. The van der Waals surface area contributed by atoms with E-state index in [-0.39, 0.29) is 12.5 Å². The average Bonchev–Trinajstić information content (AvgIpc) is 2.50. The molecular formula is C15H16N2O2S. The van der Waals surface area contributed by atoms with E-state index in [4.69, 9.17) is 10.5 Å². The molecule has 0 radical (unpaired) electrons. The molecule has 0 spiro atoms. The largest absolute Gasteiger partial charge is 0.497 e. The minimum Gasteiger partial charge on any atom is -0.497 e. The quantitative estimate of drug-likeness (QED) is 0.888. The maximum absolute atomic E-state index is 11.2. The number of hydrogen-bond acceptors (Lipinski definition) is 4. The lowest BCUT2D eigenvalue weighted by Gasteiger charge is -2.06. The summed E-state index contributed by atoms with van der Waals surface area (Å²) >= 11 is 1.65. The molecule has 2 aromatic rings. The molecule has 1 amide bonds. The number of benzene rings is 2. The number of rotatable bonds is 5. The van der Waals surface area contributed by atoms with Gasteiger partial charge in [0, 0.05) is 15.5 Å². The number of ether oxygens (including phenoxy) is 1. The number of amides is 1. The first-order valence-corrected chi connectivity index (χ1v) is 6.95. The molecule has 0 saturated heterocycles. The number of nitrogens with two attached hydrogens (primary N) is 1. The highest BCUT2D eigenvalue weighted by molar-refractivity contribution is 7.99. The van der Waals surface area contributed by atoms with Crippen LogP contribution in [0, 0.1) is 0 Å². The van der Waals surface area contributed by atoms with Crippen LogP contribution in [0.25, 0.3) is 0 Å². The number of anilines is 1. The minimum absolute atomic E-state index is 0.0116. The van der Waals surface area contributed by atoms with Gasteiger partial charge in [0.2, 0.25) is 5.91 Å². The van der Waals surface area contributed by atoms with Gasteiger partial charge in [0.1, 0.15) is 5.75 Å². The van der Waals surface area contributed by atoms with E-state index in [2.05, 4.69) is 5.32 Å². The van der Waals surface area contributed by atoms with Crippen LogP contribution in [0.1, 0.15) is 0 Å². The smallest absolute Gasteiger partial charge is 0.238 e. The third-order valence-corrected chi connectivity index (χ3v) is 3.63. The first kappa shape index (κ1) is 14.4. The van der Waals surface area contributed by atoms with Gasteiger partial charge in [-0.05, 0) is 48.5 Å². The van der Waals surface area contributed by atoms with E-state index in [9.17, 15) is 4.79 Å². The van der Waals surface area contributed by atoms with Gasteiger partial charge >= 0.3 is 0 Å². The van der Waals surface area contributed by atoms with Gasteiger partial charge in [0.15, 0.2) is 0 Å². The van der Waals surface area contributed by atoms with Crippen LogP contribution in [0.15, 0.2) is 58.3 Å². The minimum atomic E-state index is -0.194. The van der Waals surface area contributed by atoms with E-state index in [0.717, 1.165) is 21.2 Å². The molecule has 0 heterocycles. The van der Waals surface area contributed by atoms with Crippen LogP contribution in [0.5, 0.6) is 5.75 Å². The van der Waals surface area contributed by atoms with Crippen molar-refractivity contribution >= 4 is 23.4 Å². The maximum atomic E-state index is 11.2. The van der Waals surface area contributed by atoms with Crippen molar-refractivity contribution in [1.82, 2.24) is 0 Å². The number of nitrogens with one attached hydrogen (secondary N) is 1. The highest BCUT2D eigenvalue weighted by Gasteiger charge is 2.01. The van der Waals surface area contributed by atoms with E-state index in [1.54, 1.807) is 18.9 Å². The monoisotopic (exact) mass is 288 g/mol. The van der Waals surface area contributed by atoms with Crippen LogP contribution in [0.4, 0.5) is 5.69 Å². The first-order chi connectivity index (χ1) is 9.71. The third-order valence-electron chi connectivity index (χ3n) is 2.62. The van der Waals surface area contributed by atoms with Crippen molar-refractivity contribution in [2.24, 2.45) is 5.73 Å². The molecule has 0 saturated carbocycles. The van der Waals surface area contributed by atoms with Crippen molar-refractivity contribution in [2.45, 2.75) is 9.79 Å². The van der Waals surface area contributed by atoms with Crippen molar-refractivity contribution in [2.75, 3.05) is 19.0 Å². The second-order valence-corrected chi connectivity index (χ2v) is 5.20. The molecule has 4 nitrogen and oxygen atoms in total. The highest BCUT2D eigenvalue weighted by atomic mass is 32.2. The zero-order valence-electron chi connectivity index (χ0n) is 11.1. The molecule has 5 heteroatoms. The standard InChI is InChI=1S/C15H16N2O2S/c1-19-12-4-8-14(9-5-12)20-13-6-2-11(3-7-13)17-15(18)10-16/h2-9H,10,16H2,1H3,(H,17,18). The van der Waals surface area contributed by atoms with Gasteiger partial charge in [-0.1, -0.05) is 11.8 Å². The summed E-state index contributed by atoms with van der Waals surface area (Å²) in [4.78, 5) is 13.4. The van der Waals surface area contributed by atoms with Crippen LogP contribution < -0.4 is 15.8 Å². The number of methoxy groups -OCH3 is 1. The zero-order valence-corrected chi connectivity index (χ0v) is 11.9. The van der Waals surface area contributed by atoms with Gasteiger partial charge in [-0.25, -0.2) is 0 Å². The van der Waals surface area contributed by atoms with E-state index < -0.39 is 0 Å². The Morgan fingerprint density at radius 3 is 2.15 bits per heavy atom. The van der Waals surface area contributed by atoms with Gasteiger partial charge in [0.05, 0.1) is 13.7 Å². The van der Waals surface area contributed by atoms with E-state index in [0.29, 0.717) is 0 Å². The van der Waals surface area contributed by atoms with Crippen LogP contribution in [-0.4, -0.2) is 19.6 Å². The predicted octanol–water partition coefficient (Wildman–Crippen LogP) is 2.74. The second-order valence-electron chi connectivity index (χ2n) is 4.05. The Morgan fingerprint density at radius 2 is 1.65 bits per heavy atom. The topological polar surface area (TPSA) is 64.3 Å². The number of carbonyl (C=O) groups excluding carboxylic acids is 1. The van der Waals surface area contributed by atoms with Crippen molar-refractivity contribution in [3.05, 3.63) is 48.5 Å². The summed E-state index contributed by atoms with van der Waals surface area (Å²) in [6, 6.07) is 15.5. The summed E-state index contributed by atoms with van der Waals surface area (Å²) < 4.78 is 5.12. The Morgan fingerprint density at radius 1 is 1.10 bits per heavy atom. The SMILES string of the molecule is COc1ccc(Sc2ccc(NC(=O)CN)cc2)cc1. The molecule has 2 aromatic carbocycles. The fraction of sp³-hybridized carbons (Fsp3) is 0.133. The molecule has 2 rings (SSSR count). The fourth-order valence-electron chi connectivity index (χ4n) is 1.60. The molecule has 20 heavy (non-hydrogen) atoms. The second kappa shape index (κ2) is 6.98. The highest BCUT2D eigenvalue weighted by Crippen LogP contribution is 2.29. The Hall–Kier alpha value is -1.98. The Kier molecular flexibility index (Phi) is 5.03. The van der Waals surface area contributed by atoms with E-state index in [1.165, 1.54) is 0 Å². The van der Waals surface area contributed by atoms with E-state index >= 15 is 0 Å². The normalized spacial score (nSPS) is 10.1. The predicted molar refractivity (Wildman–Crippen MR) is 81.2 cm³/mol. The first-order valence-electron chi connectivity index (χ1n) is 6.13. The van der Waals surface area contributed by atoms with Gasteiger partial charge in [0.25, 0.3) is 0 Å². The molecule has 0 aromatic heterocycles. The lowest BCUT2D eigenvalue weighted by molar-refractivity contribution is -0.114. The molecular weight excluding hydrogens is 272 g/mol. The summed E-state index contributed by atoms with van der Waals surface area (Å²) in [5, 5.41) is 2.71. The van der Waals surface area contributed by atoms with Crippen molar-refractivity contribution in [3.63, 3.8) is 0 Å². The summed E-state index contributed by atoms with van der Waals surface area (Å²) in [5.74, 6) is 0.648.